The second-order valence-electron chi connectivity index (χ2n) is 7.30. The van der Waals surface area contributed by atoms with E-state index in [1.54, 1.807) is 0 Å². The Bertz CT molecular complexity index is 652. The van der Waals surface area contributed by atoms with Crippen molar-refractivity contribution >= 4 is 11.0 Å². The molecule has 1 aromatic carbocycles. The number of ether oxygens (including phenoxy) is 1. The van der Waals surface area contributed by atoms with Crippen LogP contribution in [-0.4, -0.2) is 47.7 Å². The van der Waals surface area contributed by atoms with E-state index in [9.17, 15) is 0 Å². The highest BCUT2D eigenvalue weighted by Gasteiger charge is 2.25. The van der Waals surface area contributed by atoms with Crippen molar-refractivity contribution in [3.05, 3.63) is 29.6 Å². The second kappa shape index (κ2) is 6.62. The summed E-state index contributed by atoms with van der Waals surface area (Å²) < 4.78 is 5.62. The first kappa shape index (κ1) is 15.2. The quantitative estimate of drug-likeness (QED) is 0.943. The number of hydrogen-bond acceptors (Lipinski definition) is 3. The van der Waals surface area contributed by atoms with Crippen LogP contribution in [0.25, 0.3) is 11.0 Å². The number of hydrogen-bond donors (Lipinski definition) is 1. The van der Waals surface area contributed by atoms with Crippen LogP contribution >= 0.6 is 0 Å². The van der Waals surface area contributed by atoms with Gasteiger partial charge in [-0.1, -0.05) is 6.07 Å². The van der Waals surface area contributed by atoms with E-state index in [4.69, 9.17) is 9.72 Å². The highest BCUT2D eigenvalue weighted by atomic mass is 16.5. The molecule has 1 N–H and O–H groups in total. The first-order valence-corrected chi connectivity index (χ1v) is 9.04. The number of rotatable bonds is 3. The van der Waals surface area contributed by atoms with Gasteiger partial charge in [-0.2, -0.15) is 0 Å². The number of likely N-dealkylation sites (tertiary alicyclic amines) is 1. The molecule has 0 saturated carbocycles. The number of aromatic nitrogens is 2. The van der Waals surface area contributed by atoms with E-state index in [0.717, 1.165) is 24.6 Å². The van der Waals surface area contributed by atoms with Crippen molar-refractivity contribution in [2.24, 2.45) is 5.92 Å². The maximum Gasteiger partial charge on any atom is 0.110 e. The lowest BCUT2D eigenvalue weighted by Crippen LogP contribution is -2.38. The van der Waals surface area contributed by atoms with Crippen LogP contribution < -0.4 is 0 Å². The van der Waals surface area contributed by atoms with Gasteiger partial charge in [0, 0.05) is 19.1 Å². The number of aromatic amines is 1. The van der Waals surface area contributed by atoms with Crippen LogP contribution in [0, 0.1) is 12.8 Å². The molecule has 2 saturated heterocycles. The van der Waals surface area contributed by atoms with Crippen molar-refractivity contribution in [2.45, 2.75) is 38.5 Å². The number of fused-ring (bicyclic) bond motifs is 1. The highest BCUT2D eigenvalue weighted by molar-refractivity contribution is 5.75. The molecule has 0 radical (unpaired) electrons. The second-order valence-corrected chi connectivity index (χ2v) is 7.30. The molecule has 0 spiro atoms. The van der Waals surface area contributed by atoms with E-state index in [2.05, 4.69) is 35.0 Å². The zero-order chi connectivity index (χ0) is 15.6. The zero-order valence-electron chi connectivity index (χ0n) is 14.1. The molecule has 4 nitrogen and oxygen atoms in total. The third-order valence-electron chi connectivity index (χ3n) is 5.40. The van der Waals surface area contributed by atoms with E-state index in [1.165, 1.54) is 62.2 Å². The van der Waals surface area contributed by atoms with Crippen LogP contribution in [0.1, 0.15) is 43.0 Å². The summed E-state index contributed by atoms with van der Waals surface area (Å²) in [6, 6.07) is 6.47. The summed E-state index contributed by atoms with van der Waals surface area (Å²) in [5, 5.41) is 0. The molecule has 2 fully saturated rings. The fourth-order valence-electron chi connectivity index (χ4n) is 4.04. The minimum Gasteiger partial charge on any atom is -0.381 e. The number of aryl methyl sites for hydroxylation is 1. The molecular weight excluding hydrogens is 286 g/mol. The summed E-state index contributed by atoms with van der Waals surface area (Å²) in [6.45, 7) is 7.65. The zero-order valence-corrected chi connectivity index (χ0v) is 14.1. The van der Waals surface area contributed by atoms with E-state index >= 15 is 0 Å². The first-order valence-electron chi connectivity index (χ1n) is 9.04. The molecule has 124 valence electrons. The van der Waals surface area contributed by atoms with Crippen molar-refractivity contribution in [3.63, 3.8) is 0 Å². The van der Waals surface area contributed by atoms with Crippen molar-refractivity contribution in [1.29, 1.82) is 0 Å². The molecule has 0 unspecified atom stereocenters. The number of nitrogens with zero attached hydrogens (tertiary/aromatic N) is 2. The molecule has 2 aliphatic heterocycles. The van der Waals surface area contributed by atoms with Crippen LogP contribution in [0.5, 0.6) is 0 Å². The number of imidazole rings is 1. The molecule has 0 bridgehead atoms. The molecule has 2 aliphatic rings. The number of H-pyrrole nitrogens is 1. The third kappa shape index (κ3) is 3.43. The molecule has 23 heavy (non-hydrogen) atoms. The Morgan fingerprint density at radius 2 is 2.13 bits per heavy atom. The average molecular weight is 313 g/mol. The summed E-state index contributed by atoms with van der Waals surface area (Å²) >= 11 is 0. The van der Waals surface area contributed by atoms with Crippen molar-refractivity contribution in [2.75, 3.05) is 32.8 Å². The fraction of sp³-hybridized carbons (Fsp3) is 0.632. The Labute approximate surface area is 138 Å². The topological polar surface area (TPSA) is 41.2 Å². The molecule has 1 atom stereocenters. The predicted octanol–water partition coefficient (Wildman–Crippen LogP) is 3.48. The predicted molar refractivity (Wildman–Crippen MR) is 92.8 cm³/mol. The molecule has 4 heteroatoms. The van der Waals surface area contributed by atoms with Gasteiger partial charge in [0.05, 0.1) is 17.6 Å². The Morgan fingerprint density at radius 1 is 1.26 bits per heavy atom. The molecule has 4 rings (SSSR count). The van der Waals surface area contributed by atoms with Gasteiger partial charge in [0.25, 0.3) is 0 Å². The highest BCUT2D eigenvalue weighted by Crippen LogP contribution is 2.29. The van der Waals surface area contributed by atoms with Crippen molar-refractivity contribution in [3.8, 4) is 0 Å². The maximum atomic E-state index is 5.62. The van der Waals surface area contributed by atoms with Gasteiger partial charge >= 0.3 is 0 Å². The monoisotopic (exact) mass is 313 g/mol. The van der Waals surface area contributed by atoms with Gasteiger partial charge in [0.2, 0.25) is 0 Å². The minimum absolute atomic E-state index is 0.585. The van der Waals surface area contributed by atoms with Crippen molar-refractivity contribution < 1.29 is 4.74 Å². The van der Waals surface area contributed by atoms with Gasteiger partial charge in [0.15, 0.2) is 0 Å². The third-order valence-corrected chi connectivity index (χ3v) is 5.40. The van der Waals surface area contributed by atoms with Gasteiger partial charge in [-0.25, -0.2) is 4.98 Å². The first-order chi connectivity index (χ1) is 11.3. The van der Waals surface area contributed by atoms with Gasteiger partial charge in [-0.3, -0.25) is 0 Å². The van der Waals surface area contributed by atoms with Crippen molar-refractivity contribution in [1.82, 2.24) is 14.9 Å². The molecule has 0 amide bonds. The lowest BCUT2D eigenvalue weighted by molar-refractivity contribution is 0.0345. The average Bonchev–Trinajstić information content (AvgIpc) is 2.99. The van der Waals surface area contributed by atoms with Crippen LogP contribution in [0.4, 0.5) is 0 Å². The Morgan fingerprint density at radius 3 is 2.91 bits per heavy atom. The summed E-state index contributed by atoms with van der Waals surface area (Å²) in [5.41, 5.74) is 3.58. The lowest BCUT2D eigenvalue weighted by atomic mass is 9.94. The van der Waals surface area contributed by atoms with Gasteiger partial charge < -0.3 is 14.6 Å². The summed E-state index contributed by atoms with van der Waals surface area (Å²) in [4.78, 5) is 11.0. The van der Waals surface area contributed by atoms with Crippen LogP contribution in [-0.2, 0) is 4.74 Å². The summed E-state index contributed by atoms with van der Waals surface area (Å²) in [6.07, 6.45) is 5.00. The minimum atomic E-state index is 0.585. The largest absolute Gasteiger partial charge is 0.381 e. The van der Waals surface area contributed by atoms with E-state index in [-0.39, 0.29) is 0 Å². The lowest BCUT2D eigenvalue weighted by Gasteiger charge is -2.34. The molecule has 1 aromatic heterocycles. The molecule has 3 heterocycles. The van der Waals surface area contributed by atoms with Crippen LogP contribution in [0.2, 0.25) is 0 Å². The molecular formula is C19H27N3O. The Hall–Kier alpha value is -1.39. The van der Waals surface area contributed by atoms with Crippen LogP contribution in [0.3, 0.4) is 0 Å². The van der Waals surface area contributed by atoms with Crippen LogP contribution in [0.15, 0.2) is 18.2 Å². The van der Waals surface area contributed by atoms with Gasteiger partial charge in [0.1, 0.15) is 5.82 Å². The summed E-state index contributed by atoms with van der Waals surface area (Å²) in [7, 11) is 0. The van der Waals surface area contributed by atoms with E-state index < -0.39 is 0 Å². The summed E-state index contributed by atoms with van der Waals surface area (Å²) in [5.74, 6) is 2.52. The maximum absolute atomic E-state index is 5.62. The van der Waals surface area contributed by atoms with E-state index in [0.29, 0.717) is 5.92 Å². The van der Waals surface area contributed by atoms with Gasteiger partial charge in [-0.05, 0) is 69.3 Å². The SMILES string of the molecule is Cc1ccc2nc(C3CCN(C[C@@H]4CCCOC4)CC3)[nH]c2c1. The Kier molecular flexibility index (Phi) is 4.36. The number of piperidine rings is 1. The smallest absolute Gasteiger partial charge is 0.110 e. The molecule has 0 aliphatic carbocycles. The normalized spacial score (nSPS) is 24.3. The van der Waals surface area contributed by atoms with Gasteiger partial charge in [-0.15, -0.1) is 0 Å². The molecule has 2 aromatic rings. The van der Waals surface area contributed by atoms with E-state index in [1.807, 2.05) is 0 Å². The Balaban J connectivity index is 1.36. The fourth-order valence-corrected chi connectivity index (χ4v) is 4.04. The number of benzene rings is 1. The standard InChI is InChI=1S/C19H27N3O/c1-14-4-5-17-18(11-14)21-19(20-17)16-6-8-22(9-7-16)12-15-3-2-10-23-13-15/h4-5,11,15-16H,2-3,6-10,12-13H2,1H3,(H,20,21)/t15-/m0/s1. The number of nitrogens with one attached hydrogen (secondary N) is 1.